The van der Waals surface area contributed by atoms with Crippen molar-refractivity contribution in [2.45, 2.75) is 51.0 Å². The Balaban J connectivity index is 1.87. The van der Waals surface area contributed by atoms with Gasteiger partial charge in [0.05, 0.1) is 0 Å². The van der Waals surface area contributed by atoms with Crippen LogP contribution in [0.1, 0.15) is 44.9 Å². The van der Waals surface area contributed by atoms with Crippen LogP contribution in [0.4, 0.5) is 0 Å². The molecule has 2 rings (SSSR count). The van der Waals surface area contributed by atoms with Crippen LogP contribution in [0.2, 0.25) is 0 Å². The van der Waals surface area contributed by atoms with E-state index in [1.807, 2.05) is 0 Å². The van der Waals surface area contributed by atoms with Gasteiger partial charge in [-0.3, -0.25) is 4.79 Å². The largest absolute Gasteiger partial charge is 0.465 e. The third-order valence-electron chi connectivity index (χ3n) is 3.74. The van der Waals surface area contributed by atoms with E-state index in [4.69, 9.17) is 4.74 Å². The predicted octanol–water partition coefficient (Wildman–Crippen LogP) is 2.52. The van der Waals surface area contributed by atoms with Crippen LogP contribution >= 0.6 is 0 Å². The molecule has 0 aromatic carbocycles. The van der Waals surface area contributed by atoms with Crippen molar-refractivity contribution in [2.24, 2.45) is 11.8 Å². The molecule has 3 atom stereocenters. The zero-order valence-electron chi connectivity index (χ0n) is 8.08. The van der Waals surface area contributed by atoms with Crippen LogP contribution in [0.3, 0.4) is 0 Å². The van der Waals surface area contributed by atoms with Gasteiger partial charge in [0.2, 0.25) is 0 Å². The van der Waals surface area contributed by atoms with Gasteiger partial charge in [0.1, 0.15) is 6.10 Å². The predicted molar refractivity (Wildman–Crippen MR) is 50.2 cm³/mol. The van der Waals surface area contributed by atoms with E-state index in [0.717, 1.165) is 24.7 Å². The fraction of sp³-hybridized carbons (Fsp3) is 0.909. The van der Waals surface area contributed by atoms with Crippen molar-refractivity contribution >= 4 is 6.47 Å². The standard InChI is InChI=1S/C11H18O2/c12-8-13-11-6-5-9-3-1-2-4-10(9)7-11/h8-11H,1-7H2/t9-,10+,11+/m0/s1. The second-order valence-corrected chi connectivity index (χ2v) is 4.47. The van der Waals surface area contributed by atoms with E-state index in [9.17, 15) is 4.79 Å². The molecule has 2 heteroatoms. The van der Waals surface area contributed by atoms with E-state index in [1.165, 1.54) is 32.1 Å². The quantitative estimate of drug-likeness (QED) is 0.613. The van der Waals surface area contributed by atoms with Gasteiger partial charge in [-0.2, -0.15) is 0 Å². The number of hydrogen-bond acceptors (Lipinski definition) is 2. The minimum atomic E-state index is 0.233. The molecule has 13 heavy (non-hydrogen) atoms. The lowest BCUT2D eigenvalue weighted by Crippen LogP contribution is -2.31. The van der Waals surface area contributed by atoms with Crippen LogP contribution < -0.4 is 0 Å². The SMILES string of the molecule is O=CO[C@@H]1CC[C@@H]2CCCC[C@@H]2C1. The molecule has 2 aliphatic carbocycles. The lowest BCUT2D eigenvalue weighted by Gasteiger charge is -2.38. The first-order valence-corrected chi connectivity index (χ1v) is 5.49. The summed E-state index contributed by atoms with van der Waals surface area (Å²) in [4.78, 5) is 10.2. The summed E-state index contributed by atoms with van der Waals surface area (Å²) in [5, 5.41) is 0. The van der Waals surface area contributed by atoms with Gasteiger partial charge in [-0.15, -0.1) is 0 Å². The van der Waals surface area contributed by atoms with E-state index in [2.05, 4.69) is 0 Å². The number of ether oxygens (including phenoxy) is 1. The van der Waals surface area contributed by atoms with Gasteiger partial charge in [-0.1, -0.05) is 25.7 Å². The highest BCUT2D eigenvalue weighted by Crippen LogP contribution is 2.40. The minimum absolute atomic E-state index is 0.233. The zero-order valence-corrected chi connectivity index (χ0v) is 8.08. The number of hydrogen-bond donors (Lipinski definition) is 0. The maximum atomic E-state index is 10.2. The fourth-order valence-electron chi connectivity index (χ4n) is 3.03. The highest BCUT2D eigenvalue weighted by atomic mass is 16.5. The molecule has 0 aromatic rings. The second kappa shape index (κ2) is 4.12. The van der Waals surface area contributed by atoms with Crippen LogP contribution in [0.5, 0.6) is 0 Å². The fourth-order valence-corrected chi connectivity index (χ4v) is 3.03. The summed E-state index contributed by atoms with van der Waals surface area (Å²) in [6, 6.07) is 0. The summed E-state index contributed by atoms with van der Waals surface area (Å²) >= 11 is 0. The minimum Gasteiger partial charge on any atom is -0.465 e. The van der Waals surface area contributed by atoms with Gasteiger partial charge in [-0.05, 0) is 31.1 Å². The third kappa shape index (κ3) is 2.04. The van der Waals surface area contributed by atoms with Crippen molar-refractivity contribution in [3.05, 3.63) is 0 Å². The molecule has 0 aliphatic heterocycles. The molecule has 0 heterocycles. The molecule has 2 aliphatic rings. The summed E-state index contributed by atoms with van der Waals surface area (Å²) in [6.07, 6.45) is 9.32. The number of carbonyl (C=O) groups is 1. The van der Waals surface area contributed by atoms with Crippen LogP contribution in [0.25, 0.3) is 0 Å². The summed E-state index contributed by atoms with van der Waals surface area (Å²) in [7, 11) is 0. The average Bonchev–Trinajstić information content (AvgIpc) is 2.18. The first-order chi connectivity index (χ1) is 6.40. The van der Waals surface area contributed by atoms with Crippen molar-refractivity contribution in [3.63, 3.8) is 0 Å². The van der Waals surface area contributed by atoms with Gasteiger partial charge >= 0.3 is 0 Å². The Bertz CT molecular complexity index is 179. The van der Waals surface area contributed by atoms with Crippen molar-refractivity contribution in [3.8, 4) is 0 Å². The first kappa shape index (κ1) is 9.04. The molecular weight excluding hydrogens is 164 g/mol. The van der Waals surface area contributed by atoms with Crippen molar-refractivity contribution in [2.75, 3.05) is 0 Å². The van der Waals surface area contributed by atoms with E-state index in [0.29, 0.717) is 6.47 Å². The molecule has 0 spiro atoms. The maximum Gasteiger partial charge on any atom is 0.293 e. The van der Waals surface area contributed by atoms with Gasteiger partial charge in [-0.25, -0.2) is 0 Å². The number of carbonyl (C=O) groups excluding carboxylic acids is 1. The maximum absolute atomic E-state index is 10.2. The molecule has 74 valence electrons. The Morgan fingerprint density at radius 1 is 1.00 bits per heavy atom. The molecule has 0 radical (unpaired) electrons. The monoisotopic (exact) mass is 182 g/mol. The van der Waals surface area contributed by atoms with Crippen molar-refractivity contribution in [1.82, 2.24) is 0 Å². The van der Waals surface area contributed by atoms with E-state index in [-0.39, 0.29) is 6.10 Å². The van der Waals surface area contributed by atoms with E-state index < -0.39 is 0 Å². The van der Waals surface area contributed by atoms with Crippen molar-refractivity contribution in [1.29, 1.82) is 0 Å². The van der Waals surface area contributed by atoms with Gasteiger partial charge in [0, 0.05) is 0 Å². The topological polar surface area (TPSA) is 26.3 Å². The Kier molecular flexibility index (Phi) is 2.87. The van der Waals surface area contributed by atoms with Crippen LogP contribution in [-0.2, 0) is 9.53 Å². The Labute approximate surface area is 79.7 Å². The van der Waals surface area contributed by atoms with Crippen molar-refractivity contribution < 1.29 is 9.53 Å². The third-order valence-corrected chi connectivity index (χ3v) is 3.74. The van der Waals surface area contributed by atoms with Gasteiger partial charge < -0.3 is 4.74 Å². The van der Waals surface area contributed by atoms with Crippen LogP contribution in [0.15, 0.2) is 0 Å². The first-order valence-electron chi connectivity index (χ1n) is 5.49. The molecule has 0 aromatic heterocycles. The zero-order chi connectivity index (χ0) is 9.10. The molecule has 0 N–H and O–H groups in total. The molecule has 2 fully saturated rings. The Morgan fingerprint density at radius 3 is 2.54 bits per heavy atom. The molecule has 0 saturated heterocycles. The van der Waals surface area contributed by atoms with E-state index >= 15 is 0 Å². The molecule has 0 amide bonds. The van der Waals surface area contributed by atoms with Crippen LogP contribution in [0, 0.1) is 11.8 Å². The summed E-state index contributed by atoms with van der Waals surface area (Å²) in [5.74, 6) is 1.80. The highest BCUT2D eigenvalue weighted by molar-refractivity contribution is 5.37. The van der Waals surface area contributed by atoms with Crippen LogP contribution in [-0.4, -0.2) is 12.6 Å². The highest BCUT2D eigenvalue weighted by Gasteiger charge is 2.32. The smallest absolute Gasteiger partial charge is 0.293 e. The molecule has 2 nitrogen and oxygen atoms in total. The normalized spacial score (nSPS) is 39.2. The number of rotatable bonds is 2. The Morgan fingerprint density at radius 2 is 1.77 bits per heavy atom. The molecule has 2 saturated carbocycles. The summed E-state index contributed by atoms with van der Waals surface area (Å²) < 4.78 is 5.05. The molecule has 0 unspecified atom stereocenters. The lowest BCUT2D eigenvalue weighted by molar-refractivity contribution is -0.136. The summed E-state index contributed by atoms with van der Waals surface area (Å²) in [6.45, 7) is 0.619. The van der Waals surface area contributed by atoms with Gasteiger partial charge in [0.15, 0.2) is 0 Å². The molecule has 0 bridgehead atoms. The lowest BCUT2D eigenvalue weighted by atomic mass is 9.70. The summed E-state index contributed by atoms with van der Waals surface area (Å²) in [5.41, 5.74) is 0. The number of fused-ring (bicyclic) bond motifs is 1. The second-order valence-electron chi connectivity index (χ2n) is 4.47. The average molecular weight is 182 g/mol. The molecular formula is C11H18O2. The Hall–Kier alpha value is -0.530. The van der Waals surface area contributed by atoms with Gasteiger partial charge in [0.25, 0.3) is 6.47 Å². The van der Waals surface area contributed by atoms with E-state index in [1.54, 1.807) is 0 Å².